The molecule has 0 saturated heterocycles. The number of rotatable bonds is 7. The zero-order valence-corrected chi connectivity index (χ0v) is 16.0. The minimum absolute atomic E-state index is 0.219. The van der Waals surface area contributed by atoms with Crippen LogP contribution in [0.15, 0.2) is 23.2 Å². The summed E-state index contributed by atoms with van der Waals surface area (Å²) < 4.78 is 38.9. The molecule has 0 aliphatic heterocycles. The maximum atomic E-state index is 13.0. The van der Waals surface area contributed by atoms with Gasteiger partial charge in [-0.2, -0.15) is 13.2 Å². The zero-order chi connectivity index (χ0) is 19.3. The molecular weight excluding hydrogens is 361 g/mol. The number of thioether (sulfide) groups is 1. The second-order valence-electron chi connectivity index (χ2n) is 6.04. The molecule has 1 N–H and O–H groups in total. The first kappa shape index (κ1) is 20.6. The van der Waals surface area contributed by atoms with E-state index in [2.05, 4.69) is 17.2 Å². The van der Waals surface area contributed by atoms with Gasteiger partial charge in [0.2, 0.25) is 0 Å². The van der Waals surface area contributed by atoms with Gasteiger partial charge < -0.3 is 5.32 Å². The van der Waals surface area contributed by atoms with Gasteiger partial charge in [0.1, 0.15) is 5.03 Å². The van der Waals surface area contributed by atoms with E-state index in [1.807, 2.05) is 6.92 Å². The average Bonchev–Trinajstić information content (AvgIpc) is 2.58. The van der Waals surface area contributed by atoms with E-state index in [-0.39, 0.29) is 11.4 Å². The van der Waals surface area contributed by atoms with Crippen LogP contribution in [0.5, 0.6) is 0 Å². The minimum atomic E-state index is -4.42. The van der Waals surface area contributed by atoms with Crippen molar-refractivity contribution in [3.63, 3.8) is 0 Å². The van der Waals surface area contributed by atoms with Gasteiger partial charge in [0, 0.05) is 11.9 Å². The van der Waals surface area contributed by atoms with Crippen LogP contribution in [0.2, 0.25) is 0 Å². The summed E-state index contributed by atoms with van der Waals surface area (Å²) >= 11 is 1.36. The van der Waals surface area contributed by atoms with Crippen LogP contribution in [0, 0.1) is 6.92 Å². The molecule has 0 spiro atoms. The molecular formula is C19H23F3N2OS. The van der Waals surface area contributed by atoms with Gasteiger partial charge in [-0.25, -0.2) is 4.98 Å². The van der Waals surface area contributed by atoms with E-state index < -0.39 is 11.7 Å². The lowest BCUT2D eigenvalue weighted by atomic mass is 10.0. The van der Waals surface area contributed by atoms with Gasteiger partial charge in [-0.3, -0.25) is 4.79 Å². The Kier molecular flexibility index (Phi) is 6.92. The summed E-state index contributed by atoms with van der Waals surface area (Å²) in [6.07, 6.45) is -1.43. The third-order valence-electron chi connectivity index (χ3n) is 4.11. The summed E-state index contributed by atoms with van der Waals surface area (Å²) in [7, 11) is 0. The predicted molar refractivity (Wildman–Crippen MR) is 99.7 cm³/mol. The SMILES string of the molecule is CCCCCNC(=O)c1c(SCC)nc2cc(C(F)(F)F)ccc2c1C. The molecule has 0 radical (unpaired) electrons. The predicted octanol–water partition coefficient (Wildman–Crippen LogP) is 5.59. The maximum absolute atomic E-state index is 13.0. The van der Waals surface area contributed by atoms with Crippen molar-refractivity contribution in [1.82, 2.24) is 10.3 Å². The molecule has 1 aromatic carbocycles. The first-order valence-electron chi connectivity index (χ1n) is 8.72. The number of carbonyl (C=O) groups excluding carboxylic acids is 1. The number of aryl methyl sites for hydroxylation is 1. The van der Waals surface area contributed by atoms with Crippen LogP contribution >= 0.6 is 11.8 Å². The second kappa shape index (κ2) is 8.75. The average molecular weight is 384 g/mol. The molecule has 2 rings (SSSR count). The number of alkyl halides is 3. The quantitative estimate of drug-likeness (QED) is 0.499. The van der Waals surface area contributed by atoms with Crippen LogP contribution in [-0.2, 0) is 6.18 Å². The van der Waals surface area contributed by atoms with Gasteiger partial charge in [0.05, 0.1) is 16.6 Å². The second-order valence-corrected chi connectivity index (χ2v) is 7.30. The van der Waals surface area contributed by atoms with Crippen molar-refractivity contribution >= 4 is 28.6 Å². The Hall–Kier alpha value is -1.76. The Bertz CT molecular complexity index is 790. The largest absolute Gasteiger partial charge is 0.416 e. The summed E-state index contributed by atoms with van der Waals surface area (Å²) in [6.45, 7) is 6.34. The maximum Gasteiger partial charge on any atom is 0.416 e. The van der Waals surface area contributed by atoms with Gasteiger partial charge in [-0.05, 0) is 36.8 Å². The summed E-state index contributed by atoms with van der Waals surface area (Å²) in [5.41, 5.74) is 0.644. The number of nitrogens with zero attached hydrogens (tertiary/aromatic N) is 1. The Balaban J connectivity index is 2.47. The number of hydrogen-bond acceptors (Lipinski definition) is 3. The molecule has 7 heteroatoms. The first-order chi connectivity index (χ1) is 12.3. The third kappa shape index (κ3) is 4.69. The van der Waals surface area contributed by atoms with Crippen molar-refractivity contribution in [2.45, 2.75) is 51.2 Å². The lowest BCUT2D eigenvalue weighted by Gasteiger charge is -2.15. The lowest BCUT2D eigenvalue weighted by Crippen LogP contribution is -2.26. The molecule has 0 unspecified atom stereocenters. The Labute approximate surface area is 155 Å². The molecule has 142 valence electrons. The number of aromatic nitrogens is 1. The summed E-state index contributed by atoms with van der Waals surface area (Å²) in [5.74, 6) is 0.455. The number of nitrogens with one attached hydrogen (secondary N) is 1. The normalized spacial score (nSPS) is 11.8. The van der Waals surface area contributed by atoms with Gasteiger partial charge in [-0.1, -0.05) is 32.8 Å². The van der Waals surface area contributed by atoms with Crippen LogP contribution in [0.4, 0.5) is 13.2 Å². The molecule has 26 heavy (non-hydrogen) atoms. The van der Waals surface area contributed by atoms with Crippen molar-refractivity contribution in [3.8, 4) is 0 Å². The van der Waals surface area contributed by atoms with E-state index in [1.54, 1.807) is 6.92 Å². The number of benzene rings is 1. The van der Waals surface area contributed by atoms with Crippen molar-refractivity contribution in [3.05, 3.63) is 34.9 Å². The number of fused-ring (bicyclic) bond motifs is 1. The Morgan fingerprint density at radius 2 is 1.96 bits per heavy atom. The number of carbonyl (C=O) groups is 1. The van der Waals surface area contributed by atoms with E-state index in [9.17, 15) is 18.0 Å². The monoisotopic (exact) mass is 384 g/mol. The summed E-state index contributed by atoms with van der Waals surface area (Å²) in [4.78, 5) is 17.0. The van der Waals surface area contributed by atoms with E-state index in [0.717, 1.165) is 31.4 Å². The molecule has 1 aromatic heterocycles. The van der Waals surface area contributed by atoms with Crippen LogP contribution < -0.4 is 5.32 Å². The standard InChI is InChI=1S/C19H23F3N2OS/c1-4-6-7-10-23-17(25)16-12(3)14-9-8-13(19(20,21)22)11-15(14)24-18(16)26-5-2/h8-9,11H,4-7,10H2,1-3H3,(H,23,25). The minimum Gasteiger partial charge on any atom is -0.352 e. The molecule has 0 fully saturated rings. The van der Waals surface area contributed by atoms with Crippen LogP contribution in [0.25, 0.3) is 10.9 Å². The van der Waals surface area contributed by atoms with Crippen LogP contribution in [-0.4, -0.2) is 23.2 Å². The fourth-order valence-electron chi connectivity index (χ4n) is 2.75. The van der Waals surface area contributed by atoms with Crippen LogP contribution in [0.3, 0.4) is 0 Å². The molecule has 0 bridgehead atoms. The number of pyridine rings is 1. The number of hydrogen-bond donors (Lipinski definition) is 1. The van der Waals surface area contributed by atoms with E-state index in [1.165, 1.54) is 17.8 Å². The van der Waals surface area contributed by atoms with Crippen LogP contribution in [0.1, 0.15) is 54.6 Å². The lowest BCUT2D eigenvalue weighted by molar-refractivity contribution is -0.137. The third-order valence-corrected chi connectivity index (χ3v) is 4.97. The van der Waals surface area contributed by atoms with Crippen molar-refractivity contribution < 1.29 is 18.0 Å². The zero-order valence-electron chi connectivity index (χ0n) is 15.2. The summed E-state index contributed by atoms with van der Waals surface area (Å²) in [5, 5.41) is 3.94. The molecule has 0 aliphatic rings. The van der Waals surface area contributed by atoms with Gasteiger partial charge in [0.15, 0.2) is 0 Å². The molecule has 2 aromatic rings. The molecule has 3 nitrogen and oxygen atoms in total. The topological polar surface area (TPSA) is 42.0 Å². The number of halogens is 3. The van der Waals surface area contributed by atoms with Gasteiger partial charge >= 0.3 is 6.18 Å². The van der Waals surface area contributed by atoms with E-state index >= 15 is 0 Å². The highest BCUT2D eigenvalue weighted by Crippen LogP contribution is 2.34. The van der Waals surface area contributed by atoms with E-state index in [4.69, 9.17) is 0 Å². The summed E-state index contributed by atoms with van der Waals surface area (Å²) in [6, 6.07) is 3.48. The van der Waals surface area contributed by atoms with Crippen molar-refractivity contribution in [2.24, 2.45) is 0 Å². The number of unbranched alkanes of at least 4 members (excludes halogenated alkanes) is 2. The molecule has 1 amide bonds. The molecule has 0 aliphatic carbocycles. The highest BCUT2D eigenvalue weighted by molar-refractivity contribution is 7.99. The highest BCUT2D eigenvalue weighted by Gasteiger charge is 2.31. The van der Waals surface area contributed by atoms with Crippen molar-refractivity contribution in [2.75, 3.05) is 12.3 Å². The Morgan fingerprint density at radius 1 is 1.23 bits per heavy atom. The highest BCUT2D eigenvalue weighted by atomic mass is 32.2. The fourth-order valence-corrected chi connectivity index (χ4v) is 3.58. The molecule has 0 saturated carbocycles. The van der Waals surface area contributed by atoms with Crippen molar-refractivity contribution in [1.29, 1.82) is 0 Å². The van der Waals surface area contributed by atoms with E-state index in [0.29, 0.717) is 33.8 Å². The van der Waals surface area contributed by atoms with Gasteiger partial charge in [-0.15, -0.1) is 11.8 Å². The van der Waals surface area contributed by atoms with Gasteiger partial charge in [0.25, 0.3) is 5.91 Å². The fraction of sp³-hybridized carbons (Fsp3) is 0.474. The molecule has 0 atom stereocenters. The smallest absolute Gasteiger partial charge is 0.352 e. The first-order valence-corrected chi connectivity index (χ1v) is 9.70. The molecule has 1 heterocycles. The number of amides is 1. The Morgan fingerprint density at radius 3 is 2.58 bits per heavy atom.